The summed E-state index contributed by atoms with van der Waals surface area (Å²) >= 11 is 0. The van der Waals surface area contributed by atoms with Crippen LogP contribution in [0.2, 0.25) is 0 Å². The first kappa shape index (κ1) is 13.3. The van der Waals surface area contributed by atoms with Gasteiger partial charge < -0.3 is 10.1 Å². The van der Waals surface area contributed by atoms with Crippen molar-refractivity contribution in [1.82, 2.24) is 10.2 Å². The predicted molar refractivity (Wildman–Crippen MR) is 71.3 cm³/mol. The van der Waals surface area contributed by atoms with E-state index in [0.717, 1.165) is 12.1 Å². The normalized spacial score (nSPS) is 31.9. The van der Waals surface area contributed by atoms with Crippen molar-refractivity contribution in [1.29, 1.82) is 0 Å². The van der Waals surface area contributed by atoms with Crippen LogP contribution < -0.4 is 5.32 Å². The molecule has 3 heteroatoms. The fraction of sp³-hybridized carbons (Fsp3) is 1.00. The van der Waals surface area contributed by atoms with E-state index in [9.17, 15) is 0 Å². The van der Waals surface area contributed by atoms with E-state index in [-0.39, 0.29) is 0 Å². The van der Waals surface area contributed by atoms with Crippen molar-refractivity contribution in [3.05, 3.63) is 0 Å². The molecule has 1 heterocycles. The minimum atomic E-state index is 0.504. The van der Waals surface area contributed by atoms with Crippen LogP contribution in [-0.2, 0) is 4.74 Å². The Morgan fingerprint density at radius 3 is 2.53 bits per heavy atom. The number of ether oxygens (including phenoxy) is 1. The third-order valence-corrected chi connectivity index (χ3v) is 4.54. The number of piperidine rings is 1. The Kier molecular flexibility index (Phi) is 5.26. The van der Waals surface area contributed by atoms with Crippen molar-refractivity contribution in [2.24, 2.45) is 0 Å². The zero-order valence-corrected chi connectivity index (χ0v) is 11.5. The van der Waals surface area contributed by atoms with Crippen LogP contribution in [0.4, 0.5) is 0 Å². The predicted octanol–water partition coefficient (Wildman–Crippen LogP) is 2.02. The lowest BCUT2D eigenvalue weighted by Crippen LogP contribution is -2.50. The van der Waals surface area contributed by atoms with E-state index in [1.54, 1.807) is 0 Å². The summed E-state index contributed by atoms with van der Waals surface area (Å²) < 4.78 is 5.56. The SMILES string of the molecule is CCN(C1CCNCC1)C1CCCC(OC)C1. The van der Waals surface area contributed by atoms with E-state index in [2.05, 4.69) is 17.1 Å². The highest BCUT2D eigenvalue weighted by molar-refractivity contribution is 4.86. The number of rotatable bonds is 4. The lowest BCUT2D eigenvalue weighted by molar-refractivity contribution is 0.0111. The van der Waals surface area contributed by atoms with E-state index in [1.807, 2.05) is 7.11 Å². The molecule has 0 spiro atoms. The molecule has 3 nitrogen and oxygen atoms in total. The Hall–Kier alpha value is -0.120. The molecule has 0 aromatic rings. The second-order valence-corrected chi connectivity index (χ2v) is 5.49. The van der Waals surface area contributed by atoms with Gasteiger partial charge in [0.15, 0.2) is 0 Å². The van der Waals surface area contributed by atoms with Gasteiger partial charge in [0.1, 0.15) is 0 Å². The van der Waals surface area contributed by atoms with Crippen LogP contribution in [0.1, 0.15) is 45.4 Å². The Morgan fingerprint density at radius 1 is 1.12 bits per heavy atom. The maximum absolute atomic E-state index is 5.56. The molecule has 0 radical (unpaired) electrons. The monoisotopic (exact) mass is 240 g/mol. The molecule has 17 heavy (non-hydrogen) atoms. The fourth-order valence-electron chi connectivity index (χ4n) is 3.59. The van der Waals surface area contributed by atoms with Crippen LogP contribution in [0.25, 0.3) is 0 Å². The van der Waals surface area contributed by atoms with Gasteiger partial charge in [-0.1, -0.05) is 6.92 Å². The lowest BCUT2D eigenvalue weighted by Gasteiger charge is -2.42. The van der Waals surface area contributed by atoms with Gasteiger partial charge in [0, 0.05) is 19.2 Å². The van der Waals surface area contributed by atoms with Gasteiger partial charge in [-0.15, -0.1) is 0 Å². The van der Waals surface area contributed by atoms with E-state index in [4.69, 9.17) is 4.74 Å². The van der Waals surface area contributed by atoms with E-state index in [1.165, 1.54) is 58.2 Å². The molecule has 0 bridgehead atoms. The highest BCUT2D eigenvalue weighted by Crippen LogP contribution is 2.27. The fourth-order valence-corrected chi connectivity index (χ4v) is 3.59. The van der Waals surface area contributed by atoms with Gasteiger partial charge in [-0.25, -0.2) is 0 Å². The summed E-state index contributed by atoms with van der Waals surface area (Å²) in [7, 11) is 1.87. The summed E-state index contributed by atoms with van der Waals surface area (Å²) in [6, 6.07) is 1.57. The molecule has 0 aromatic carbocycles. The maximum atomic E-state index is 5.56. The second kappa shape index (κ2) is 6.72. The van der Waals surface area contributed by atoms with Gasteiger partial charge >= 0.3 is 0 Å². The molecule has 2 aliphatic rings. The Morgan fingerprint density at radius 2 is 1.88 bits per heavy atom. The molecule has 2 atom stereocenters. The summed E-state index contributed by atoms with van der Waals surface area (Å²) in [6.45, 7) is 5.91. The van der Waals surface area contributed by atoms with Crippen molar-refractivity contribution in [3.63, 3.8) is 0 Å². The standard InChI is InChI=1S/C14H28N2O/c1-3-16(12-7-9-15-10-8-12)13-5-4-6-14(11-13)17-2/h12-15H,3-11H2,1-2H3. The third-order valence-electron chi connectivity index (χ3n) is 4.54. The quantitative estimate of drug-likeness (QED) is 0.813. The molecule has 1 N–H and O–H groups in total. The van der Waals surface area contributed by atoms with E-state index in [0.29, 0.717) is 6.10 Å². The third kappa shape index (κ3) is 3.43. The smallest absolute Gasteiger partial charge is 0.0586 e. The number of nitrogens with zero attached hydrogens (tertiary/aromatic N) is 1. The average molecular weight is 240 g/mol. The minimum Gasteiger partial charge on any atom is -0.381 e. The van der Waals surface area contributed by atoms with Gasteiger partial charge in [0.2, 0.25) is 0 Å². The molecule has 2 rings (SSSR count). The molecule has 0 aromatic heterocycles. The first-order chi connectivity index (χ1) is 8.35. The van der Waals surface area contributed by atoms with Gasteiger partial charge in [0.05, 0.1) is 6.10 Å². The molecular weight excluding hydrogens is 212 g/mol. The number of methoxy groups -OCH3 is 1. The zero-order chi connectivity index (χ0) is 12.1. The Balaban J connectivity index is 1.91. The number of hydrogen-bond acceptors (Lipinski definition) is 3. The van der Waals surface area contributed by atoms with Crippen LogP contribution in [0, 0.1) is 0 Å². The first-order valence-corrected chi connectivity index (χ1v) is 7.34. The van der Waals surface area contributed by atoms with Crippen molar-refractivity contribution in [2.45, 2.75) is 63.6 Å². The van der Waals surface area contributed by atoms with Crippen LogP contribution in [0.5, 0.6) is 0 Å². The molecule has 1 aliphatic heterocycles. The van der Waals surface area contributed by atoms with Crippen LogP contribution in [0.3, 0.4) is 0 Å². The first-order valence-electron chi connectivity index (χ1n) is 7.34. The highest BCUT2D eigenvalue weighted by atomic mass is 16.5. The van der Waals surface area contributed by atoms with Gasteiger partial charge in [-0.2, -0.15) is 0 Å². The molecule has 1 saturated carbocycles. The molecule has 0 amide bonds. The van der Waals surface area contributed by atoms with Crippen molar-refractivity contribution in [2.75, 3.05) is 26.7 Å². The summed E-state index contributed by atoms with van der Waals surface area (Å²) in [5.74, 6) is 0. The lowest BCUT2D eigenvalue weighted by atomic mass is 9.89. The second-order valence-electron chi connectivity index (χ2n) is 5.49. The average Bonchev–Trinajstić information content (AvgIpc) is 2.41. The largest absolute Gasteiger partial charge is 0.381 e. The maximum Gasteiger partial charge on any atom is 0.0586 e. The minimum absolute atomic E-state index is 0.504. The zero-order valence-electron chi connectivity index (χ0n) is 11.5. The molecular formula is C14H28N2O. The van der Waals surface area contributed by atoms with Crippen LogP contribution in [-0.4, -0.2) is 49.8 Å². The number of nitrogens with one attached hydrogen (secondary N) is 1. The van der Waals surface area contributed by atoms with Crippen LogP contribution in [0.15, 0.2) is 0 Å². The molecule has 2 fully saturated rings. The van der Waals surface area contributed by atoms with Crippen LogP contribution >= 0.6 is 0 Å². The van der Waals surface area contributed by atoms with Crippen molar-refractivity contribution in [3.8, 4) is 0 Å². The van der Waals surface area contributed by atoms with E-state index < -0.39 is 0 Å². The molecule has 2 unspecified atom stereocenters. The summed E-state index contributed by atoms with van der Waals surface area (Å²) in [6.07, 6.45) is 8.36. The van der Waals surface area contributed by atoms with Gasteiger partial charge in [-0.05, 0) is 58.2 Å². The highest BCUT2D eigenvalue weighted by Gasteiger charge is 2.30. The number of hydrogen-bond donors (Lipinski definition) is 1. The summed E-state index contributed by atoms with van der Waals surface area (Å²) in [5, 5.41) is 3.47. The Labute approximate surface area is 106 Å². The van der Waals surface area contributed by atoms with Gasteiger partial charge in [-0.3, -0.25) is 4.90 Å². The van der Waals surface area contributed by atoms with Gasteiger partial charge in [0.25, 0.3) is 0 Å². The molecule has 1 saturated heterocycles. The summed E-state index contributed by atoms with van der Waals surface area (Å²) in [5.41, 5.74) is 0. The van der Waals surface area contributed by atoms with Crippen molar-refractivity contribution >= 4 is 0 Å². The molecule has 100 valence electrons. The topological polar surface area (TPSA) is 24.5 Å². The van der Waals surface area contributed by atoms with E-state index >= 15 is 0 Å². The van der Waals surface area contributed by atoms with Crippen molar-refractivity contribution < 1.29 is 4.74 Å². The molecule has 1 aliphatic carbocycles. The Bertz CT molecular complexity index is 216. The summed E-state index contributed by atoms with van der Waals surface area (Å²) in [4.78, 5) is 2.76.